The highest BCUT2D eigenvalue weighted by atomic mass is 35.5. The number of benzene rings is 2. The van der Waals surface area contributed by atoms with Crippen LogP contribution in [0.15, 0.2) is 46.9 Å². The van der Waals surface area contributed by atoms with E-state index >= 15 is 0 Å². The van der Waals surface area contributed by atoms with Crippen molar-refractivity contribution in [1.82, 2.24) is 4.90 Å². The van der Waals surface area contributed by atoms with E-state index in [4.69, 9.17) is 16.0 Å². The van der Waals surface area contributed by atoms with Crippen molar-refractivity contribution in [3.63, 3.8) is 0 Å². The molecule has 0 aliphatic carbocycles. The van der Waals surface area contributed by atoms with Gasteiger partial charge in [-0.1, -0.05) is 29.3 Å². The van der Waals surface area contributed by atoms with Crippen LogP contribution >= 0.6 is 11.6 Å². The van der Waals surface area contributed by atoms with Crippen LogP contribution in [-0.4, -0.2) is 37.0 Å². The van der Waals surface area contributed by atoms with Crippen molar-refractivity contribution in [2.75, 3.05) is 31.1 Å². The molecule has 0 bridgehead atoms. The normalized spacial score (nSPS) is 14.9. The summed E-state index contributed by atoms with van der Waals surface area (Å²) in [6, 6.07) is 13.8. The lowest BCUT2D eigenvalue weighted by molar-refractivity contribution is 0.0716. The lowest BCUT2D eigenvalue weighted by Gasteiger charge is -2.35. The number of amides is 1. The largest absolute Gasteiger partial charge is 0.451 e. The zero-order valence-corrected chi connectivity index (χ0v) is 15.7. The first kappa shape index (κ1) is 17.0. The first-order chi connectivity index (χ1) is 12.5. The van der Waals surface area contributed by atoms with E-state index in [1.54, 1.807) is 0 Å². The van der Waals surface area contributed by atoms with Crippen molar-refractivity contribution in [2.45, 2.75) is 13.8 Å². The second kappa shape index (κ2) is 6.69. The minimum Gasteiger partial charge on any atom is -0.451 e. The summed E-state index contributed by atoms with van der Waals surface area (Å²) >= 11 is 6.09. The van der Waals surface area contributed by atoms with Gasteiger partial charge in [-0.3, -0.25) is 4.79 Å². The van der Waals surface area contributed by atoms with Gasteiger partial charge in [0.25, 0.3) is 5.91 Å². The highest BCUT2D eigenvalue weighted by molar-refractivity contribution is 6.30. The van der Waals surface area contributed by atoms with Crippen molar-refractivity contribution >= 4 is 34.2 Å². The van der Waals surface area contributed by atoms with Crippen molar-refractivity contribution in [3.05, 3.63) is 64.4 Å². The Morgan fingerprint density at radius 3 is 2.54 bits per heavy atom. The Morgan fingerprint density at radius 1 is 1.04 bits per heavy atom. The highest BCUT2D eigenvalue weighted by Crippen LogP contribution is 2.28. The van der Waals surface area contributed by atoms with Gasteiger partial charge in [0.15, 0.2) is 5.76 Å². The average molecular weight is 369 g/mol. The average Bonchev–Trinajstić information content (AvgIpc) is 2.97. The maximum absolute atomic E-state index is 13.0. The molecule has 0 N–H and O–H groups in total. The zero-order valence-electron chi connectivity index (χ0n) is 15.0. The summed E-state index contributed by atoms with van der Waals surface area (Å²) in [6.45, 7) is 6.90. The Kier molecular flexibility index (Phi) is 4.37. The van der Waals surface area contributed by atoms with Crippen LogP contribution in [0.3, 0.4) is 0 Å². The standard InChI is InChI=1S/C21H21ClN2O2/c1-14-6-7-19-18(12-14)15(2)20(26-19)21(25)24-10-8-23(9-11-24)17-5-3-4-16(22)13-17/h3-7,12-13H,8-11H2,1-2H3. The molecule has 1 fully saturated rings. The number of rotatable bonds is 2. The number of hydrogen-bond donors (Lipinski definition) is 0. The molecule has 1 aliphatic rings. The quantitative estimate of drug-likeness (QED) is 0.659. The summed E-state index contributed by atoms with van der Waals surface area (Å²) in [5, 5.41) is 1.75. The molecule has 0 saturated carbocycles. The number of fused-ring (bicyclic) bond motifs is 1. The van der Waals surface area contributed by atoms with Gasteiger partial charge in [-0.15, -0.1) is 0 Å². The maximum atomic E-state index is 13.0. The number of furan rings is 1. The van der Waals surface area contributed by atoms with Gasteiger partial charge in [0.2, 0.25) is 0 Å². The summed E-state index contributed by atoms with van der Waals surface area (Å²) in [5.41, 5.74) is 3.95. The van der Waals surface area contributed by atoms with E-state index in [1.807, 2.05) is 49.1 Å². The van der Waals surface area contributed by atoms with Crippen LogP contribution in [0.5, 0.6) is 0 Å². The van der Waals surface area contributed by atoms with E-state index in [-0.39, 0.29) is 5.91 Å². The van der Waals surface area contributed by atoms with Crippen LogP contribution in [-0.2, 0) is 0 Å². The molecule has 4 rings (SSSR count). The minimum absolute atomic E-state index is 0.0258. The lowest BCUT2D eigenvalue weighted by Crippen LogP contribution is -2.48. The van der Waals surface area contributed by atoms with Gasteiger partial charge in [-0.2, -0.15) is 0 Å². The van der Waals surface area contributed by atoms with Crippen LogP contribution in [0.4, 0.5) is 5.69 Å². The number of carbonyl (C=O) groups excluding carboxylic acids is 1. The topological polar surface area (TPSA) is 36.7 Å². The van der Waals surface area contributed by atoms with Gasteiger partial charge in [-0.05, 0) is 44.2 Å². The van der Waals surface area contributed by atoms with Crippen LogP contribution < -0.4 is 4.90 Å². The second-order valence-corrected chi connectivity index (χ2v) is 7.25. The molecule has 0 radical (unpaired) electrons. The van der Waals surface area contributed by atoms with Crippen molar-refractivity contribution in [3.8, 4) is 0 Å². The molecule has 1 aromatic heterocycles. The van der Waals surface area contributed by atoms with Crippen LogP contribution in [0.25, 0.3) is 11.0 Å². The molecule has 26 heavy (non-hydrogen) atoms. The number of aryl methyl sites for hydroxylation is 2. The Bertz CT molecular complexity index is 971. The van der Waals surface area contributed by atoms with Crippen LogP contribution in [0.2, 0.25) is 5.02 Å². The van der Waals surface area contributed by atoms with Gasteiger partial charge in [0, 0.05) is 47.8 Å². The van der Waals surface area contributed by atoms with E-state index in [9.17, 15) is 4.79 Å². The van der Waals surface area contributed by atoms with Gasteiger partial charge < -0.3 is 14.2 Å². The molecule has 0 spiro atoms. The Balaban J connectivity index is 1.51. The van der Waals surface area contributed by atoms with Crippen molar-refractivity contribution in [1.29, 1.82) is 0 Å². The number of halogens is 1. The van der Waals surface area contributed by atoms with Gasteiger partial charge >= 0.3 is 0 Å². The Labute approximate surface area is 157 Å². The maximum Gasteiger partial charge on any atom is 0.290 e. The van der Waals surface area contributed by atoms with E-state index < -0.39 is 0 Å². The molecule has 3 aromatic rings. The fourth-order valence-corrected chi connectivity index (χ4v) is 3.71. The second-order valence-electron chi connectivity index (χ2n) is 6.81. The molecular formula is C21H21ClN2O2. The lowest BCUT2D eigenvalue weighted by atomic mass is 10.1. The number of piperazine rings is 1. The molecule has 5 heteroatoms. The van der Waals surface area contributed by atoms with E-state index in [1.165, 1.54) is 0 Å². The summed E-state index contributed by atoms with van der Waals surface area (Å²) in [7, 11) is 0. The molecule has 1 saturated heterocycles. The van der Waals surface area contributed by atoms with Crippen molar-refractivity contribution in [2.24, 2.45) is 0 Å². The SMILES string of the molecule is Cc1ccc2oc(C(=O)N3CCN(c4cccc(Cl)c4)CC3)c(C)c2c1. The third-order valence-corrected chi connectivity index (χ3v) is 5.26. The number of hydrogen-bond acceptors (Lipinski definition) is 3. The van der Waals surface area contributed by atoms with Gasteiger partial charge in [0.05, 0.1) is 0 Å². The first-order valence-electron chi connectivity index (χ1n) is 8.82. The summed E-state index contributed by atoms with van der Waals surface area (Å²) in [6.07, 6.45) is 0. The van der Waals surface area contributed by atoms with Crippen LogP contribution in [0.1, 0.15) is 21.7 Å². The smallest absolute Gasteiger partial charge is 0.290 e. The van der Waals surface area contributed by atoms with E-state index in [0.29, 0.717) is 18.8 Å². The predicted molar refractivity (Wildman–Crippen MR) is 105 cm³/mol. The Hall–Kier alpha value is -2.46. The van der Waals surface area contributed by atoms with E-state index in [2.05, 4.69) is 17.0 Å². The molecule has 134 valence electrons. The van der Waals surface area contributed by atoms with Crippen molar-refractivity contribution < 1.29 is 9.21 Å². The third-order valence-electron chi connectivity index (χ3n) is 5.03. The number of anilines is 1. The summed E-state index contributed by atoms with van der Waals surface area (Å²) < 4.78 is 5.87. The number of nitrogens with zero attached hydrogens (tertiary/aromatic N) is 2. The van der Waals surface area contributed by atoms with Gasteiger partial charge in [-0.25, -0.2) is 0 Å². The van der Waals surface area contributed by atoms with E-state index in [0.717, 1.165) is 45.9 Å². The predicted octanol–water partition coefficient (Wildman–Crippen LogP) is 4.67. The molecular weight excluding hydrogens is 348 g/mol. The first-order valence-corrected chi connectivity index (χ1v) is 9.20. The molecule has 1 amide bonds. The zero-order chi connectivity index (χ0) is 18.3. The highest BCUT2D eigenvalue weighted by Gasteiger charge is 2.26. The summed E-state index contributed by atoms with van der Waals surface area (Å²) in [5.74, 6) is 0.434. The summed E-state index contributed by atoms with van der Waals surface area (Å²) in [4.78, 5) is 17.1. The molecule has 2 aromatic carbocycles. The molecule has 1 aliphatic heterocycles. The molecule has 2 heterocycles. The van der Waals surface area contributed by atoms with Crippen LogP contribution in [0, 0.1) is 13.8 Å². The molecule has 4 nitrogen and oxygen atoms in total. The Morgan fingerprint density at radius 2 is 1.81 bits per heavy atom. The fraction of sp³-hybridized carbons (Fsp3) is 0.286. The minimum atomic E-state index is -0.0258. The molecule has 0 unspecified atom stereocenters. The number of carbonyl (C=O) groups is 1. The molecule has 0 atom stereocenters. The monoisotopic (exact) mass is 368 g/mol. The third kappa shape index (κ3) is 3.06. The fourth-order valence-electron chi connectivity index (χ4n) is 3.52. The van der Waals surface area contributed by atoms with Gasteiger partial charge in [0.1, 0.15) is 5.58 Å².